The number of rotatable bonds is 3. The number of carbonyl (C=O) groups is 2. The van der Waals surface area contributed by atoms with E-state index in [1.807, 2.05) is 36.4 Å². The van der Waals surface area contributed by atoms with Gasteiger partial charge in [0.25, 0.3) is 5.91 Å². The predicted octanol–water partition coefficient (Wildman–Crippen LogP) is 3.02. The number of nitrogens with zero attached hydrogens (tertiary/aromatic N) is 3. The van der Waals surface area contributed by atoms with Gasteiger partial charge in [0.15, 0.2) is 11.5 Å². The number of benzene rings is 2. The Labute approximate surface area is 190 Å². The third-order valence-electron chi connectivity index (χ3n) is 6.21. The van der Waals surface area contributed by atoms with Crippen molar-refractivity contribution in [1.82, 2.24) is 9.88 Å². The van der Waals surface area contributed by atoms with Crippen molar-refractivity contribution < 1.29 is 23.8 Å². The first-order valence-corrected chi connectivity index (χ1v) is 10.8. The van der Waals surface area contributed by atoms with Crippen molar-refractivity contribution >= 4 is 17.5 Å². The molecule has 3 aliphatic rings. The molecule has 0 N–H and O–H groups in total. The molecule has 3 aromatic rings. The Morgan fingerprint density at radius 2 is 1.91 bits per heavy atom. The van der Waals surface area contributed by atoms with E-state index < -0.39 is 6.04 Å². The molecule has 3 aliphatic heterocycles. The van der Waals surface area contributed by atoms with Gasteiger partial charge >= 0.3 is 0 Å². The van der Waals surface area contributed by atoms with Crippen LogP contribution in [-0.2, 0) is 11.3 Å². The van der Waals surface area contributed by atoms with Gasteiger partial charge in [0, 0.05) is 24.4 Å². The molecule has 166 valence electrons. The second-order valence-corrected chi connectivity index (χ2v) is 8.27. The number of hydrogen-bond donors (Lipinski definition) is 0. The summed E-state index contributed by atoms with van der Waals surface area (Å²) in [5, 5.41) is 0. The van der Waals surface area contributed by atoms with E-state index in [9.17, 15) is 9.59 Å². The Morgan fingerprint density at radius 1 is 1.03 bits per heavy atom. The Kier molecular flexibility index (Phi) is 4.64. The van der Waals surface area contributed by atoms with Crippen molar-refractivity contribution in [2.45, 2.75) is 25.1 Å². The van der Waals surface area contributed by atoms with E-state index >= 15 is 0 Å². The smallest absolute Gasteiger partial charge is 0.254 e. The van der Waals surface area contributed by atoms with Crippen LogP contribution < -0.4 is 19.1 Å². The highest BCUT2D eigenvalue weighted by molar-refractivity contribution is 6.04. The lowest BCUT2D eigenvalue weighted by Gasteiger charge is -2.31. The number of hydrogen-bond acceptors (Lipinski definition) is 6. The number of fused-ring (bicyclic) bond motifs is 4. The number of ether oxygens (including phenoxy) is 3. The zero-order valence-corrected chi connectivity index (χ0v) is 17.7. The predicted molar refractivity (Wildman–Crippen MR) is 118 cm³/mol. The standard InChI is InChI=1S/C25H21N3O5/c29-24(17-7-8-22-23(10-17)32-15-31-22)28-14-18-11-20(28)25(30)27(13-16-4-3-9-26-12-16)19-5-1-2-6-21(19)33-18/h1-10,12,18,20H,11,13-15H2. The molecule has 1 fully saturated rings. The van der Waals surface area contributed by atoms with Crippen LogP contribution >= 0.6 is 0 Å². The van der Waals surface area contributed by atoms with Gasteiger partial charge < -0.3 is 24.0 Å². The monoisotopic (exact) mass is 443 g/mol. The molecule has 4 heterocycles. The Hall–Kier alpha value is -4.07. The quantitative estimate of drug-likeness (QED) is 0.619. The van der Waals surface area contributed by atoms with Gasteiger partial charge in [0.05, 0.1) is 18.8 Å². The van der Waals surface area contributed by atoms with Crippen LogP contribution in [0, 0.1) is 0 Å². The lowest BCUT2D eigenvalue weighted by molar-refractivity contribution is -0.122. The zero-order chi connectivity index (χ0) is 22.4. The molecular weight excluding hydrogens is 422 g/mol. The maximum absolute atomic E-state index is 13.9. The molecule has 2 aromatic carbocycles. The average Bonchev–Trinajstić information content (AvgIpc) is 3.49. The molecule has 6 rings (SSSR count). The van der Waals surface area contributed by atoms with E-state index in [0.29, 0.717) is 48.0 Å². The summed E-state index contributed by atoms with van der Waals surface area (Å²) in [5.74, 6) is 1.41. The summed E-state index contributed by atoms with van der Waals surface area (Å²) in [6, 6.07) is 15.7. The van der Waals surface area contributed by atoms with Crippen LogP contribution in [0.4, 0.5) is 5.69 Å². The summed E-state index contributed by atoms with van der Waals surface area (Å²) < 4.78 is 17.1. The number of amides is 2. The van der Waals surface area contributed by atoms with E-state index in [1.165, 1.54) is 0 Å². The molecule has 0 radical (unpaired) electrons. The average molecular weight is 443 g/mol. The molecule has 0 saturated carbocycles. The fourth-order valence-corrected chi connectivity index (χ4v) is 4.63. The van der Waals surface area contributed by atoms with Crippen molar-refractivity contribution in [3.8, 4) is 17.2 Å². The van der Waals surface area contributed by atoms with Crippen molar-refractivity contribution in [3.05, 3.63) is 78.1 Å². The van der Waals surface area contributed by atoms with Gasteiger partial charge in [-0.25, -0.2) is 0 Å². The summed E-state index contributed by atoms with van der Waals surface area (Å²) in [4.78, 5) is 34.8. The van der Waals surface area contributed by atoms with Crippen molar-refractivity contribution in [1.29, 1.82) is 0 Å². The molecule has 2 atom stereocenters. The normalized spacial score (nSPS) is 20.7. The third kappa shape index (κ3) is 3.44. The molecule has 1 aromatic heterocycles. The van der Waals surface area contributed by atoms with Crippen LogP contribution in [0.3, 0.4) is 0 Å². The largest absolute Gasteiger partial charge is 0.486 e. The highest BCUT2D eigenvalue weighted by Gasteiger charge is 2.45. The Balaban J connectivity index is 1.35. The zero-order valence-electron chi connectivity index (χ0n) is 17.7. The van der Waals surface area contributed by atoms with Crippen LogP contribution in [0.2, 0.25) is 0 Å². The molecule has 2 amide bonds. The van der Waals surface area contributed by atoms with E-state index in [-0.39, 0.29) is 24.7 Å². The SMILES string of the molecule is O=C1C2CC(CN2C(=O)c2ccc3c(c2)OCO3)Oc2ccccc2N1Cc1cccnc1. The highest BCUT2D eigenvalue weighted by atomic mass is 16.7. The van der Waals surface area contributed by atoms with Gasteiger partial charge in [-0.15, -0.1) is 0 Å². The number of likely N-dealkylation sites (tertiary alicyclic amines) is 1. The topological polar surface area (TPSA) is 81.2 Å². The minimum absolute atomic E-state index is 0.133. The molecular formula is C25H21N3O5. The van der Waals surface area contributed by atoms with Gasteiger partial charge in [-0.3, -0.25) is 14.6 Å². The first-order chi connectivity index (χ1) is 16.2. The Morgan fingerprint density at radius 3 is 2.79 bits per heavy atom. The van der Waals surface area contributed by atoms with Gasteiger partial charge in [-0.1, -0.05) is 18.2 Å². The van der Waals surface area contributed by atoms with Crippen molar-refractivity contribution in [2.24, 2.45) is 0 Å². The summed E-state index contributed by atoms with van der Waals surface area (Å²) in [6.07, 6.45) is 3.61. The molecule has 33 heavy (non-hydrogen) atoms. The molecule has 8 heteroatoms. The summed E-state index contributed by atoms with van der Waals surface area (Å²) in [7, 11) is 0. The van der Waals surface area contributed by atoms with Crippen molar-refractivity contribution in [2.75, 3.05) is 18.2 Å². The number of carbonyl (C=O) groups excluding carboxylic acids is 2. The molecule has 2 bridgehead atoms. The first kappa shape index (κ1) is 19.6. The van der Waals surface area contributed by atoms with E-state index in [2.05, 4.69) is 4.98 Å². The van der Waals surface area contributed by atoms with Crippen LogP contribution in [0.5, 0.6) is 17.2 Å². The summed E-state index contributed by atoms with van der Waals surface area (Å²) in [5.41, 5.74) is 2.04. The number of para-hydroxylation sites is 2. The third-order valence-corrected chi connectivity index (χ3v) is 6.21. The van der Waals surface area contributed by atoms with Crippen molar-refractivity contribution in [3.63, 3.8) is 0 Å². The Bertz CT molecular complexity index is 1230. The molecule has 2 unspecified atom stereocenters. The van der Waals surface area contributed by atoms with E-state index in [1.54, 1.807) is 40.4 Å². The fourth-order valence-electron chi connectivity index (χ4n) is 4.63. The summed E-state index contributed by atoms with van der Waals surface area (Å²) in [6.45, 7) is 0.800. The number of aromatic nitrogens is 1. The molecule has 0 spiro atoms. The van der Waals surface area contributed by atoms with Gasteiger partial charge in [-0.05, 0) is 42.0 Å². The van der Waals surface area contributed by atoms with Crippen LogP contribution in [0.15, 0.2) is 67.0 Å². The van der Waals surface area contributed by atoms with Gasteiger partial charge in [0.2, 0.25) is 12.7 Å². The first-order valence-electron chi connectivity index (χ1n) is 10.8. The van der Waals surface area contributed by atoms with Crippen LogP contribution in [-0.4, -0.2) is 47.2 Å². The van der Waals surface area contributed by atoms with E-state index in [0.717, 1.165) is 5.56 Å². The molecule has 8 nitrogen and oxygen atoms in total. The highest BCUT2D eigenvalue weighted by Crippen LogP contribution is 2.38. The van der Waals surface area contributed by atoms with Gasteiger partial charge in [-0.2, -0.15) is 0 Å². The van der Waals surface area contributed by atoms with Gasteiger partial charge in [0.1, 0.15) is 17.9 Å². The van der Waals surface area contributed by atoms with Crippen LogP contribution in [0.1, 0.15) is 22.3 Å². The number of pyridine rings is 1. The number of anilines is 1. The lowest BCUT2D eigenvalue weighted by atomic mass is 10.1. The lowest BCUT2D eigenvalue weighted by Crippen LogP contribution is -2.47. The maximum atomic E-state index is 13.9. The summed E-state index contributed by atoms with van der Waals surface area (Å²) >= 11 is 0. The minimum atomic E-state index is -0.627. The van der Waals surface area contributed by atoms with Crippen LogP contribution in [0.25, 0.3) is 0 Å². The fraction of sp³-hybridized carbons (Fsp3) is 0.240. The second-order valence-electron chi connectivity index (χ2n) is 8.27. The molecule has 0 aliphatic carbocycles. The minimum Gasteiger partial charge on any atom is -0.486 e. The molecule has 1 saturated heterocycles. The second kappa shape index (κ2) is 7.81. The maximum Gasteiger partial charge on any atom is 0.254 e. The van der Waals surface area contributed by atoms with E-state index in [4.69, 9.17) is 14.2 Å².